The summed E-state index contributed by atoms with van der Waals surface area (Å²) in [6.45, 7) is 4.16. The quantitative estimate of drug-likeness (QED) is 0.846. The van der Waals surface area contributed by atoms with Gasteiger partial charge in [-0.05, 0) is 37.8 Å². The number of likely N-dealkylation sites (tertiary alicyclic amines) is 1. The van der Waals surface area contributed by atoms with Crippen LogP contribution in [0.3, 0.4) is 0 Å². The molecule has 0 aliphatic carbocycles. The number of amides is 1. The summed E-state index contributed by atoms with van der Waals surface area (Å²) in [5.41, 5.74) is 1.61. The van der Waals surface area contributed by atoms with Gasteiger partial charge in [-0.15, -0.1) is 0 Å². The van der Waals surface area contributed by atoms with Crippen molar-refractivity contribution < 1.29 is 9.53 Å². The van der Waals surface area contributed by atoms with Gasteiger partial charge in [-0.2, -0.15) is 0 Å². The van der Waals surface area contributed by atoms with Crippen LogP contribution in [0.25, 0.3) is 0 Å². The fourth-order valence-corrected chi connectivity index (χ4v) is 3.44. The maximum absolute atomic E-state index is 12.8. The molecule has 0 atom stereocenters. The summed E-state index contributed by atoms with van der Waals surface area (Å²) in [5.74, 6) is 2.19. The van der Waals surface area contributed by atoms with E-state index in [4.69, 9.17) is 4.74 Å². The van der Waals surface area contributed by atoms with E-state index < -0.39 is 0 Å². The molecule has 1 saturated heterocycles. The lowest BCUT2D eigenvalue weighted by Gasteiger charge is -2.20. The lowest BCUT2D eigenvalue weighted by Crippen LogP contribution is -2.32. The Morgan fingerprint density at radius 2 is 1.89 bits per heavy atom. The Kier molecular flexibility index (Phi) is 6.63. The Morgan fingerprint density at radius 1 is 1.15 bits per heavy atom. The standard InChI is InChI=1S/C21H28N4O2/c1-16-23-18(21(26)25-13-7-3-4-8-14-25)15-20(24-16)22-12-11-17-9-5-6-10-19(17)27-2/h5-6,9-10,15H,3-4,7-8,11-14H2,1-2H3,(H,22,23,24). The number of hydrogen-bond donors (Lipinski definition) is 1. The maximum Gasteiger partial charge on any atom is 0.272 e. The minimum Gasteiger partial charge on any atom is -0.496 e. The molecule has 27 heavy (non-hydrogen) atoms. The van der Waals surface area contributed by atoms with Crippen LogP contribution in [0, 0.1) is 6.92 Å². The van der Waals surface area contributed by atoms with Crippen LogP contribution in [0.1, 0.15) is 47.6 Å². The van der Waals surface area contributed by atoms with E-state index in [1.807, 2.05) is 30.0 Å². The van der Waals surface area contributed by atoms with Crippen molar-refractivity contribution in [1.82, 2.24) is 14.9 Å². The second-order valence-corrected chi connectivity index (χ2v) is 6.88. The molecular weight excluding hydrogens is 340 g/mol. The Morgan fingerprint density at radius 3 is 2.63 bits per heavy atom. The van der Waals surface area contributed by atoms with Gasteiger partial charge in [0.05, 0.1) is 7.11 Å². The molecule has 1 aromatic heterocycles. The van der Waals surface area contributed by atoms with Crippen molar-refractivity contribution in [3.05, 3.63) is 47.4 Å². The molecule has 0 bridgehead atoms. The normalized spacial score (nSPS) is 14.5. The smallest absolute Gasteiger partial charge is 0.272 e. The van der Waals surface area contributed by atoms with Crippen LogP contribution < -0.4 is 10.1 Å². The second-order valence-electron chi connectivity index (χ2n) is 6.88. The van der Waals surface area contributed by atoms with Crippen molar-refractivity contribution in [2.75, 3.05) is 32.1 Å². The third-order valence-electron chi connectivity index (χ3n) is 4.84. The number of ether oxygens (including phenoxy) is 1. The summed E-state index contributed by atoms with van der Waals surface area (Å²) in [7, 11) is 1.68. The van der Waals surface area contributed by atoms with E-state index >= 15 is 0 Å². The monoisotopic (exact) mass is 368 g/mol. The number of nitrogens with one attached hydrogen (secondary N) is 1. The molecule has 1 amide bonds. The van der Waals surface area contributed by atoms with E-state index in [0.29, 0.717) is 23.9 Å². The van der Waals surface area contributed by atoms with Crippen molar-refractivity contribution in [3.63, 3.8) is 0 Å². The van der Waals surface area contributed by atoms with Crippen molar-refractivity contribution in [3.8, 4) is 5.75 Å². The van der Waals surface area contributed by atoms with Crippen molar-refractivity contribution >= 4 is 11.7 Å². The zero-order valence-electron chi connectivity index (χ0n) is 16.2. The predicted molar refractivity (Wildman–Crippen MR) is 106 cm³/mol. The first-order chi connectivity index (χ1) is 13.2. The van der Waals surface area contributed by atoms with Gasteiger partial charge >= 0.3 is 0 Å². The van der Waals surface area contributed by atoms with Gasteiger partial charge in [0.2, 0.25) is 0 Å². The van der Waals surface area contributed by atoms with Crippen LogP contribution in [0.4, 0.5) is 5.82 Å². The first-order valence-corrected chi connectivity index (χ1v) is 9.68. The zero-order chi connectivity index (χ0) is 19.1. The average Bonchev–Trinajstić information content (AvgIpc) is 2.97. The number of benzene rings is 1. The van der Waals surface area contributed by atoms with Crippen LogP contribution >= 0.6 is 0 Å². The number of carbonyl (C=O) groups excluding carboxylic acids is 1. The van der Waals surface area contributed by atoms with Crippen LogP contribution in [0.15, 0.2) is 30.3 Å². The molecule has 1 aliphatic rings. The number of aromatic nitrogens is 2. The molecule has 1 aromatic carbocycles. The summed E-state index contributed by atoms with van der Waals surface area (Å²) in [6, 6.07) is 9.75. The summed E-state index contributed by atoms with van der Waals surface area (Å²) >= 11 is 0. The summed E-state index contributed by atoms with van der Waals surface area (Å²) in [6.07, 6.45) is 5.34. The molecule has 2 aromatic rings. The maximum atomic E-state index is 12.8. The fourth-order valence-electron chi connectivity index (χ4n) is 3.44. The zero-order valence-corrected chi connectivity index (χ0v) is 16.2. The molecule has 0 radical (unpaired) electrons. The minimum atomic E-state index is 0.00942. The third kappa shape index (κ3) is 5.18. The number of rotatable bonds is 6. The second kappa shape index (κ2) is 9.35. The van der Waals surface area contributed by atoms with Gasteiger partial charge < -0.3 is 15.0 Å². The molecule has 6 nitrogen and oxygen atoms in total. The highest BCUT2D eigenvalue weighted by molar-refractivity contribution is 5.93. The number of methoxy groups -OCH3 is 1. The van der Waals surface area contributed by atoms with Crippen molar-refractivity contribution in [2.45, 2.75) is 39.0 Å². The molecule has 1 fully saturated rings. The van der Waals surface area contributed by atoms with E-state index in [0.717, 1.165) is 43.7 Å². The summed E-state index contributed by atoms with van der Waals surface area (Å²) in [5, 5.41) is 3.32. The van der Waals surface area contributed by atoms with Gasteiger partial charge in [0.1, 0.15) is 23.1 Å². The number of carbonyl (C=O) groups is 1. The molecule has 1 aliphatic heterocycles. The molecule has 2 heterocycles. The van der Waals surface area contributed by atoms with Crippen LogP contribution in [0.2, 0.25) is 0 Å². The summed E-state index contributed by atoms with van der Waals surface area (Å²) in [4.78, 5) is 23.6. The molecule has 1 N–H and O–H groups in total. The topological polar surface area (TPSA) is 67.3 Å². The highest BCUT2D eigenvalue weighted by Crippen LogP contribution is 2.18. The van der Waals surface area contributed by atoms with Gasteiger partial charge in [-0.3, -0.25) is 4.79 Å². The van der Waals surface area contributed by atoms with Gasteiger partial charge in [0, 0.05) is 25.7 Å². The SMILES string of the molecule is COc1ccccc1CCNc1cc(C(=O)N2CCCCCC2)nc(C)n1. The number of nitrogens with zero attached hydrogens (tertiary/aromatic N) is 3. The third-order valence-corrected chi connectivity index (χ3v) is 4.84. The van der Waals surface area contributed by atoms with E-state index in [1.54, 1.807) is 13.2 Å². The van der Waals surface area contributed by atoms with Crippen LogP contribution in [-0.4, -0.2) is 47.5 Å². The molecule has 0 spiro atoms. The highest BCUT2D eigenvalue weighted by atomic mass is 16.5. The first-order valence-electron chi connectivity index (χ1n) is 9.68. The van der Waals surface area contributed by atoms with E-state index in [1.165, 1.54) is 12.8 Å². The Balaban J connectivity index is 1.65. The van der Waals surface area contributed by atoms with E-state index in [9.17, 15) is 4.79 Å². The van der Waals surface area contributed by atoms with Crippen LogP contribution in [0.5, 0.6) is 5.75 Å². The summed E-state index contributed by atoms with van der Waals surface area (Å²) < 4.78 is 5.39. The highest BCUT2D eigenvalue weighted by Gasteiger charge is 2.19. The molecule has 0 saturated carbocycles. The number of para-hydroxylation sites is 1. The Bertz CT molecular complexity index is 771. The average molecular weight is 368 g/mol. The lowest BCUT2D eigenvalue weighted by atomic mass is 10.1. The van der Waals surface area contributed by atoms with Crippen LogP contribution in [-0.2, 0) is 6.42 Å². The molecule has 6 heteroatoms. The predicted octanol–water partition coefficient (Wildman–Crippen LogP) is 3.46. The van der Waals surface area contributed by atoms with Gasteiger partial charge in [-0.25, -0.2) is 9.97 Å². The molecule has 0 unspecified atom stereocenters. The van der Waals surface area contributed by atoms with Gasteiger partial charge in [0.15, 0.2) is 0 Å². The molecular formula is C21H28N4O2. The number of aryl methyl sites for hydroxylation is 1. The van der Waals surface area contributed by atoms with Crippen molar-refractivity contribution in [2.24, 2.45) is 0 Å². The fraction of sp³-hybridized carbons (Fsp3) is 0.476. The van der Waals surface area contributed by atoms with Gasteiger partial charge in [0.25, 0.3) is 5.91 Å². The number of hydrogen-bond acceptors (Lipinski definition) is 5. The molecule has 3 rings (SSSR count). The largest absolute Gasteiger partial charge is 0.496 e. The number of anilines is 1. The van der Waals surface area contributed by atoms with Crippen molar-refractivity contribution in [1.29, 1.82) is 0 Å². The van der Waals surface area contributed by atoms with Gasteiger partial charge in [-0.1, -0.05) is 31.0 Å². The lowest BCUT2D eigenvalue weighted by molar-refractivity contribution is 0.0755. The molecule has 144 valence electrons. The van der Waals surface area contributed by atoms with E-state index in [2.05, 4.69) is 21.4 Å². The Hall–Kier alpha value is -2.63. The first kappa shape index (κ1) is 19.1. The Labute approximate surface area is 161 Å². The minimum absolute atomic E-state index is 0.00942. The van der Waals surface area contributed by atoms with E-state index in [-0.39, 0.29) is 5.91 Å².